The van der Waals surface area contributed by atoms with E-state index < -0.39 is 10.0 Å². The molecule has 0 atom stereocenters. The van der Waals surface area contributed by atoms with Crippen molar-refractivity contribution in [3.8, 4) is 11.4 Å². The van der Waals surface area contributed by atoms with Crippen molar-refractivity contribution < 1.29 is 13.2 Å². The maximum absolute atomic E-state index is 12.6. The summed E-state index contributed by atoms with van der Waals surface area (Å²) in [6.45, 7) is 1.38. The van der Waals surface area contributed by atoms with Crippen LogP contribution in [0.25, 0.3) is 11.4 Å². The molecule has 0 aliphatic carbocycles. The Morgan fingerprint density at radius 2 is 1.81 bits per heavy atom. The van der Waals surface area contributed by atoms with E-state index in [2.05, 4.69) is 25.6 Å². The number of benzene rings is 2. The van der Waals surface area contributed by atoms with Gasteiger partial charge >= 0.3 is 0 Å². The molecule has 10 heteroatoms. The van der Waals surface area contributed by atoms with Gasteiger partial charge in [0.1, 0.15) is 0 Å². The smallest absolute Gasteiger partial charge is 0.261 e. The molecule has 0 saturated carbocycles. The number of nitrogens with one attached hydrogen (secondary N) is 2. The first-order valence-electron chi connectivity index (χ1n) is 7.58. The molecular weight excluding hydrogens is 356 g/mol. The van der Waals surface area contributed by atoms with Crippen LogP contribution in [0.3, 0.4) is 0 Å². The predicted molar refractivity (Wildman–Crippen MR) is 95.8 cm³/mol. The van der Waals surface area contributed by atoms with Crippen molar-refractivity contribution in [2.75, 3.05) is 10.0 Å². The van der Waals surface area contributed by atoms with Crippen LogP contribution in [0, 0.1) is 0 Å². The van der Waals surface area contributed by atoms with Gasteiger partial charge in [0.2, 0.25) is 5.91 Å². The van der Waals surface area contributed by atoms with E-state index in [0.717, 1.165) is 0 Å². The summed E-state index contributed by atoms with van der Waals surface area (Å²) < 4.78 is 29.1. The van der Waals surface area contributed by atoms with Gasteiger partial charge in [0, 0.05) is 30.9 Å². The van der Waals surface area contributed by atoms with Gasteiger partial charge in [0.15, 0.2) is 5.82 Å². The summed E-state index contributed by atoms with van der Waals surface area (Å²) in [5.41, 5.74) is 1.59. The molecule has 0 saturated heterocycles. The van der Waals surface area contributed by atoms with E-state index in [1.807, 2.05) is 0 Å². The molecule has 0 aliphatic heterocycles. The van der Waals surface area contributed by atoms with Crippen LogP contribution in [0.5, 0.6) is 0 Å². The van der Waals surface area contributed by atoms with Gasteiger partial charge in [0.25, 0.3) is 10.0 Å². The van der Waals surface area contributed by atoms with Crippen LogP contribution in [0.2, 0.25) is 0 Å². The largest absolute Gasteiger partial charge is 0.326 e. The van der Waals surface area contributed by atoms with Gasteiger partial charge in [-0.2, -0.15) is 0 Å². The number of anilines is 2. The van der Waals surface area contributed by atoms with Crippen LogP contribution < -0.4 is 10.0 Å². The van der Waals surface area contributed by atoms with E-state index in [4.69, 9.17) is 0 Å². The second-order valence-electron chi connectivity index (χ2n) is 5.52. The molecule has 0 bridgehead atoms. The summed E-state index contributed by atoms with van der Waals surface area (Å²) >= 11 is 0. The highest BCUT2D eigenvalue weighted by atomic mass is 32.2. The first-order valence-corrected chi connectivity index (χ1v) is 9.07. The molecule has 0 fully saturated rings. The van der Waals surface area contributed by atoms with Gasteiger partial charge in [-0.05, 0) is 46.8 Å². The molecule has 2 aromatic carbocycles. The summed E-state index contributed by atoms with van der Waals surface area (Å²) in [5, 5.41) is 13.8. The average molecular weight is 372 g/mol. The molecule has 3 aromatic rings. The van der Waals surface area contributed by atoms with Gasteiger partial charge < -0.3 is 5.32 Å². The van der Waals surface area contributed by atoms with Crippen molar-refractivity contribution >= 4 is 27.3 Å². The quantitative estimate of drug-likeness (QED) is 0.703. The zero-order valence-corrected chi connectivity index (χ0v) is 14.9. The minimum absolute atomic E-state index is 0.0809. The van der Waals surface area contributed by atoms with Crippen molar-refractivity contribution in [3.05, 3.63) is 48.5 Å². The lowest BCUT2D eigenvalue weighted by molar-refractivity contribution is -0.114. The van der Waals surface area contributed by atoms with Crippen molar-refractivity contribution in [1.29, 1.82) is 0 Å². The van der Waals surface area contributed by atoms with E-state index in [0.29, 0.717) is 22.8 Å². The van der Waals surface area contributed by atoms with Crippen LogP contribution in [-0.4, -0.2) is 34.5 Å². The van der Waals surface area contributed by atoms with Crippen LogP contribution in [0.15, 0.2) is 53.4 Å². The summed E-state index contributed by atoms with van der Waals surface area (Å²) in [4.78, 5) is 11.1. The van der Waals surface area contributed by atoms with Crippen LogP contribution in [-0.2, 0) is 21.9 Å². The minimum atomic E-state index is -3.78. The molecule has 1 heterocycles. The summed E-state index contributed by atoms with van der Waals surface area (Å²) in [6.07, 6.45) is 0. The minimum Gasteiger partial charge on any atom is -0.326 e. The Hall–Kier alpha value is -3.27. The number of amides is 1. The van der Waals surface area contributed by atoms with E-state index in [-0.39, 0.29) is 10.8 Å². The lowest BCUT2D eigenvalue weighted by atomic mass is 10.2. The molecule has 1 amide bonds. The molecule has 0 unspecified atom stereocenters. The van der Waals surface area contributed by atoms with Crippen LogP contribution in [0.4, 0.5) is 11.4 Å². The Morgan fingerprint density at radius 1 is 1.08 bits per heavy atom. The standard InChI is InChI=1S/C16H16N6O3S/c1-11(23)17-13-6-8-15(9-7-13)26(24,25)19-14-5-3-4-12(10-14)16-18-20-21-22(16)2/h3-10,19H,1-2H3,(H,17,23). The number of hydrogen-bond donors (Lipinski definition) is 2. The number of carbonyl (C=O) groups excluding carboxylic acids is 1. The molecule has 134 valence electrons. The fraction of sp³-hybridized carbons (Fsp3) is 0.125. The Labute approximate surface area is 150 Å². The van der Waals surface area contributed by atoms with E-state index in [1.54, 1.807) is 31.3 Å². The Kier molecular flexibility index (Phi) is 4.67. The maximum Gasteiger partial charge on any atom is 0.261 e. The second kappa shape index (κ2) is 6.92. The van der Waals surface area contributed by atoms with Gasteiger partial charge in [-0.25, -0.2) is 13.1 Å². The van der Waals surface area contributed by atoms with Gasteiger partial charge in [-0.15, -0.1) is 5.10 Å². The third-order valence-electron chi connectivity index (χ3n) is 3.48. The first-order chi connectivity index (χ1) is 12.3. The van der Waals surface area contributed by atoms with Crippen molar-refractivity contribution in [2.24, 2.45) is 7.05 Å². The molecular formula is C16H16N6O3S. The fourth-order valence-corrected chi connectivity index (χ4v) is 3.38. The zero-order chi connectivity index (χ0) is 18.7. The van der Waals surface area contributed by atoms with E-state index in [9.17, 15) is 13.2 Å². The van der Waals surface area contributed by atoms with Gasteiger partial charge in [-0.1, -0.05) is 12.1 Å². The number of nitrogens with zero attached hydrogens (tertiary/aromatic N) is 4. The molecule has 26 heavy (non-hydrogen) atoms. The van der Waals surface area contributed by atoms with Gasteiger partial charge in [0.05, 0.1) is 4.90 Å². The number of aryl methyl sites for hydroxylation is 1. The van der Waals surface area contributed by atoms with Crippen LogP contribution in [0.1, 0.15) is 6.92 Å². The summed E-state index contributed by atoms with van der Waals surface area (Å²) in [7, 11) is -2.08. The molecule has 0 aliphatic rings. The van der Waals surface area contributed by atoms with Crippen molar-refractivity contribution in [3.63, 3.8) is 0 Å². The Bertz CT molecular complexity index is 1040. The average Bonchev–Trinajstić information content (AvgIpc) is 3.01. The maximum atomic E-state index is 12.6. The number of rotatable bonds is 5. The second-order valence-corrected chi connectivity index (χ2v) is 7.20. The highest BCUT2D eigenvalue weighted by Gasteiger charge is 2.15. The highest BCUT2D eigenvalue weighted by Crippen LogP contribution is 2.22. The lowest BCUT2D eigenvalue weighted by Crippen LogP contribution is -2.13. The zero-order valence-electron chi connectivity index (χ0n) is 14.0. The Balaban J connectivity index is 1.83. The van der Waals surface area contributed by atoms with Crippen molar-refractivity contribution in [1.82, 2.24) is 20.2 Å². The molecule has 1 aromatic heterocycles. The molecule has 9 nitrogen and oxygen atoms in total. The fourth-order valence-electron chi connectivity index (χ4n) is 2.33. The third-order valence-corrected chi connectivity index (χ3v) is 4.88. The Morgan fingerprint density at radius 3 is 2.42 bits per heavy atom. The first kappa shape index (κ1) is 17.5. The van der Waals surface area contributed by atoms with Gasteiger partial charge in [-0.3, -0.25) is 9.52 Å². The third kappa shape index (κ3) is 3.86. The predicted octanol–water partition coefficient (Wildman–Crippen LogP) is 1.64. The molecule has 0 spiro atoms. The number of sulfonamides is 1. The number of hydrogen-bond acceptors (Lipinski definition) is 6. The number of aromatic nitrogens is 4. The molecule has 0 radical (unpaired) electrons. The van der Waals surface area contributed by atoms with E-state index >= 15 is 0 Å². The monoisotopic (exact) mass is 372 g/mol. The lowest BCUT2D eigenvalue weighted by Gasteiger charge is -2.10. The topological polar surface area (TPSA) is 119 Å². The number of tetrazole rings is 1. The molecule has 3 rings (SSSR count). The van der Waals surface area contributed by atoms with Crippen molar-refractivity contribution in [2.45, 2.75) is 11.8 Å². The summed E-state index contributed by atoms with van der Waals surface area (Å²) in [5.74, 6) is 0.291. The normalized spacial score (nSPS) is 11.2. The SMILES string of the molecule is CC(=O)Nc1ccc(S(=O)(=O)Nc2cccc(-c3nnnn3C)c2)cc1. The highest BCUT2D eigenvalue weighted by molar-refractivity contribution is 7.92. The number of carbonyl (C=O) groups is 1. The van der Waals surface area contributed by atoms with Crippen LogP contribution >= 0.6 is 0 Å². The van der Waals surface area contributed by atoms with E-state index in [1.165, 1.54) is 35.9 Å². The molecule has 2 N–H and O–H groups in total. The summed E-state index contributed by atoms with van der Waals surface area (Å²) in [6, 6.07) is 12.7.